The average Bonchev–Trinajstić information content (AvgIpc) is 2.61. The molecule has 0 spiro atoms. The van der Waals surface area contributed by atoms with Crippen LogP contribution < -0.4 is 0 Å². The summed E-state index contributed by atoms with van der Waals surface area (Å²) in [7, 11) is 2.20. The molecule has 1 atom stereocenters. The predicted octanol–water partition coefficient (Wildman–Crippen LogP) is 2.11. The third-order valence-corrected chi connectivity index (χ3v) is 4.28. The molecule has 1 aromatic heterocycles. The summed E-state index contributed by atoms with van der Waals surface area (Å²) in [6, 6.07) is 0.616. The van der Waals surface area contributed by atoms with E-state index in [1.54, 1.807) is 0 Å². The van der Waals surface area contributed by atoms with E-state index in [0.717, 1.165) is 24.6 Å². The highest BCUT2D eigenvalue weighted by Crippen LogP contribution is 2.20. The lowest BCUT2D eigenvalue weighted by Crippen LogP contribution is -2.39. The van der Waals surface area contributed by atoms with Gasteiger partial charge in [-0.25, -0.2) is 0 Å². The first-order valence-corrected chi connectivity index (χ1v) is 7.29. The molecule has 6 heteroatoms. The topological polar surface area (TPSA) is 32.3 Å². The lowest BCUT2D eigenvalue weighted by molar-refractivity contribution is 0.175. The smallest absolute Gasteiger partial charge is 0.207 e. The van der Waals surface area contributed by atoms with Gasteiger partial charge in [-0.3, -0.25) is 4.90 Å². The number of hydrogen-bond acceptors (Lipinski definition) is 5. The Morgan fingerprint density at radius 3 is 2.88 bits per heavy atom. The highest BCUT2D eigenvalue weighted by molar-refractivity contribution is 7.15. The Hall–Kier alpha value is -0.230. The van der Waals surface area contributed by atoms with Crippen LogP contribution in [0, 0.1) is 0 Å². The fraction of sp³-hybridized carbons (Fsp3) is 0.818. The molecule has 1 saturated heterocycles. The predicted molar refractivity (Wildman–Crippen MR) is 71.5 cm³/mol. The number of nitrogens with zero attached hydrogens (tertiary/aromatic N) is 4. The van der Waals surface area contributed by atoms with Crippen LogP contribution in [-0.2, 0) is 6.54 Å². The van der Waals surface area contributed by atoms with Crippen molar-refractivity contribution in [1.82, 2.24) is 20.0 Å². The van der Waals surface area contributed by atoms with Crippen LogP contribution in [0.25, 0.3) is 0 Å². The molecule has 17 heavy (non-hydrogen) atoms. The van der Waals surface area contributed by atoms with E-state index in [1.807, 2.05) is 0 Å². The minimum absolute atomic E-state index is 0.542. The van der Waals surface area contributed by atoms with Gasteiger partial charge in [0, 0.05) is 19.1 Å². The Morgan fingerprint density at radius 2 is 2.24 bits per heavy atom. The van der Waals surface area contributed by atoms with Gasteiger partial charge in [-0.2, -0.15) is 0 Å². The van der Waals surface area contributed by atoms with Crippen LogP contribution in [0.1, 0.15) is 24.8 Å². The van der Waals surface area contributed by atoms with Crippen LogP contribution in [0.3, 0.4) is 0 Å². The first-order chi connectivity index (χ1) is 8.19. The minimum Gasteiger partial charge on any atom is -0.305 e. The maximum absolute atomic E-state index is 5.82. The van der Waals surface area contributed by atoms with E-state index < -0.39 is 0 Å². The summed E-state index contributed by atoms with van der Waals surface area (Å²) in [6.07, 6.45) is 2.40. The molecule has 0 aromatic carbocycles. The molecule has 1 unspecified atom stereocenters. The van der Waals surface area contributed by atoms with Gasteiger partial charge in [-0.05, 0) is 38.0 Å². The maximum Gasteiger partial charge on any atom is 0.207 e. The zero-order valence-corrected chi connectivity index (χ0v) is 12.0. The van der Waals surface area contributed by atoms with Crippen molar-refractivity contribution in [3.8, 4) is 0 Å². The van der Waals surface area contributed by atoms with E-state index in [9.17, 15) is 0 Å². The summed E-state index contributed by atoms with van der Waals surface area (Å²) in [5.74, 6) is 0. The molecule has 0 amide bonds. The van der Waals surface area contributed by atoms with E-state index in [2.05, 4.69) is 34.0 Å². The highest BCUT2D eigenvalue weighted by Gasteiger charge is 2.22. The van der Waals surface area contributed by atoms with Gasteiger partial charge in [-0.15, -0.1) is 10.2 Å². The summed E-state index contributed by atoms with van der Waals surface area (Å²) < 4.78 is 0.542. The monoisotopic (exact) mass is 274 g/mol. The molecule has 0 saturated carbocycles. The van der Waals surface area contributed by atoms with Gasteiger partial charge in [0.05, 0.1) is 6.54 Å². The second-order valence-electron chi connectivity index (χ2n) is 4.60. The first kappa shape index (κ1) is 13.2. The summed E-state index contributed by atoms with van der Waals surface area (Å²) in [5.41, 5.74) is 0. The number of aromatic nitrogens is 2. The van der Waals surface area contributed by atoms with Crippen LogP contribution in [0.2, 0.25) is 4.47 Å². The molecule has 1 aliphatic rings. The van der Waals surface area contributed by atoms with Crippen LogP contribution in [0.4, 0.5) is 0 Å². The van der Waals surface area contributed by atoms with Crippen molar-refractivity contribution in [1.29, 1.82) is 0 Å². The maximum atomic E-state index is 5.82. The van der Waals surface area contributed by atoms with Crippen molar-refractivity contribution >= 4 is 22.9 Å². The lowest BCUT2D eigenvalue weighted by Gasteiger charge is -2.29. The molecule has 2 heterocycles. The third-order valence-electron chi connectivity index (χ3n) is 3.28. The highest BCUT2D eigenvalue weighted by atomic mass is 35.5. The van der Waals surface area contributed by atoms with E-state index in [4.69, 9.17) is 11.6 Å². The molecule has 2 rings (SSSR count). The number of rotatable bonds is 3. The summed E-state index contributed by atoms with van der Waals surface area (Å²) >= 11 is 7.31. The molecule has 1 fully saturated rings. The largest absolute Gasteiger partial charge is 0.305 e. The molecule has 96 valence electrons. The van der Waals surface area contributed by atoms with Crippen molar-refractivity contribution in [2.24, 2.45) is 0 Å². The Labute approximate surface area is 112 Å². The molecular weight excluding hydrogens is 256 g/mol. The molecule has 4 nitrogen and oxygen atoms in total. The van der Waals surface area contributed by atoms with Crippen LogP contribution >= 0.6 is 22.9 Å². The second kappa shape index (κ2) is 6.09. The van der Waals surface area contributed by atoms with Crippen molar-refractivity contribution in [2.45, 2.75) is 32.4 Å². The van der Waals surface area contributed by atoms with Crippen LogP contribution in [-0.4, -0.2) is 52.7 Å². The van der Waals surface area contributed by atoms with Gasteiger partial charge in [0.1, 0.15) is 5.01 Å². The van der Waals surface area contributed by atoms with Crippen molar-refractivity contribution in [3.63, 3.8) is 0 Å². The normalized spacial score (nSPS) is 23.8. The number of hydrogen-bond donors (Lipinski definition) is 0. The zero-order chi connectivity index (χ0) is 12.3. The fourth-order valence-electron chi connectivity index (χ4n) is 2.36. The lowest BCUT2D eigenvalue weighted by atomic mass is 10.2. The number of halogens is 1. The Bertz CT molecular complexity index is 357. The average molecular weight is 275 g/mol. The third kappa shape index (κ3) is 3.61. The van der Waals surface area contributed by atoms with E-state index in [1.165, 1.54) is 30.7 Å². The van der Waals surface area contributed by atoms with E-state index >= 15 is 0 Å². The van der Waals surface area contributed by atoms with Crippen LogP contribution in [0.5, 0.6) is 0 Å². The minimum atomic E-state index is 0.542. The van der Waals surface area contributed by atoms with Crippen LogP contribution in [0.15, 0.2) is 0 Å². The van der Waals surface area contributed by atoms with Crippen molar-refractivity contribution < 1.29 is 0 Å². The Balaban J connectivity index is 2.01. The first-order valence-electron chi connectivity index (χ1n) is 6.09. The summed E-state index contributed by atoms with van der Waals surface area (Å²) in [6.45, 7) is 6.60. The second-order valence-corrected chi connectivity index (χ2v) is 6.24. The molecular formula is C11H19ClN4S. The van der Waals surface area contributed by atoms with E-state index in [-0.39, 0.29) is 0 Å². The number of likely N-dealkylation sites (N-methyl/N-ethyl adjacent to an activating group) is 1. The van der Waals surface area contributed by atoms with Gasteiger partial charge in [0.25, 0.3) is 0 Å². The van der Waals surface area contributed by atoms with Crippen molar-refractivity contribution in [3.05, 3.63) is 9.47 Å². The molecule has 1 aliphatic heterocycles. The summed E-state index contributed by atoms with van der Waals surface area (Å²) in [4.78, 5) is 4.93. The van der Waals surface area contributed by atoms with Crippen molar-refractivity contribution in [2.75, 3.05) is 26.7 Å². The van der Waals surface area contributed by atoms with E-state index in [0.29, 0.717) is 10.5 Å². The van der Waals surface area contributed by atoms with Gasteiger partial charge in [0.2, 0.25) is 4.47 Å². The molecule has 0 radical (unpaired) electrons. The zero-order valence-electron chi connectivity index (χ0n) is 10.4. The fourth-order valence-corrected chi connectivity index (χ4v) is 3.25. The Morgan fingerprint density at radius 1 is 1.41 bits per heavy atom. The quantitative estimate of drug-likeness (QED) is 0.845. The Kier molecular flexibility index (Phi) is 4.73. The molecule has 0 aliphatic carbocycles. The molecule has 0 N–H and O–H groups in total. The molecule has 0 bridgehead atoms. The van der Waals surface area contributed by atoms with Gasteiger partial charge in [-0.1, -0.05) is 18.3 Å². The standard InChI is InChI=1S/C11H19ClN4S/c1-3-9-7-15(2)5-4-6-16(9)8-10-13-14-11(12)17-10/h9H,3-8H2,1-2H3. The SMILES string of the molecule is CCC1CN(C)CCCN1Cc1nnc(Cl)s1. The van der Waals surface area contributed by atoms with Gasteiger partial charge in [0.15, 0.2) is 0 Å². The van der Waals surface area contributed by atoms with Gasteiger partial charge < -0.3 is 4.90 Å². The van der Waals surface area contributed by atoms with Gasteiger partial charge >= 0.3 is 0 Å². The summed E-state index contributed by atoms with van der Waals surface area (Å²) in [5, 5.41) is 9.00. The molecule has 1 aromatic rings.